The van der Waals surface area contributed by atoms with Crippen LogP contribution in [0.2, 0.25) is 0 Å². The van der Waals surface area contributed by atoms with Crippen LogP contribution in [0.3, 0.4) is 0 Å². The lowest BCUT2D eigenvalue weighted by Gasteiger charge is -2.13. The van der Waals surface area contributed by atoms with Gasteiger partial charge in [0.05, 0.1) is 19.3 Å². The summed E-state index contributed by atoms with van der Waals surface area (Å²) in [6.45, 7) is 6.61. The van der Waals surface area contributed by atoms with Crippen LogP contribution >= 0.6 is 28.3 Å². The van der Waals surface area contributed by atoms with Crippen LogP contribution < -0.4 is 0 Å². The van der Waals surface area contributed by atoms with Crippen molar-refractivity contribution in [3.05, 3.63) is 12.7 Å². The molecule has 0 aliphatic carbocycles. The lowest BCUT2D eigenvalue weighted by Crippen LogP contribution is -2.20. The minimum absolute atomic E-state index is 0.183. The lowest BCUT2D eigenvalue weighted by atomic mass is 10.5. The van der Waals surface area contributed by atoms with Crippen molar-refractivity contribution in [2.24, 2.45) is 4.99 Å². The quantitative estimate of drug-likeness (QED) is 0.281. The molecule has 2 heterocycles. The fourth-order valence-corrected chi connectivity index (χ4v) is 2.74. The molecule has 0 aromatic carbocycles. The van der Waals surface area contributed by atoms with Crippen molar-refractivity contribution in [2.75, 3.05) is 26.0 Å². The predicted molar refractivity (Wildman–Crippen MR) is 96.5 cm³/mol. The van der Waals surface area contributed by atoms with Crippen LogP contribution in [0.25, 0.3) is 11.2 Å². The Morgan fingerprint density at radius 1 is 1.33 bits per heavy atom. The molecule has 0 unspecified atom stereocenters. The molecule has 0 aliphatic rings. The zero-order chi connectivity index (χ0) is 17.6. The molecular formula is C13H19Cl2N6O2P. The molecule has 0 saturated heterocycles. The van der Waals surface area contributed by atoms with Crippen LogP contribution in [-0.2, 0) is 15.8 Å². The van der Waals surface area contributed by atoms with Gasteiger partial charge in [0, 0.05) is 19.6 Å². The standard InChI is InChI=1S/C13H19Cl2N6O2P/c1-3-20(4-2)8-19-12-11-13(17-7-16-12)21(9-18-11)5-6-23-10-24(14,15)22/h7-9H,3-6,10H2,1-2H3/b19-8+. The first-order valence-corrected chi connectivity index (χ1v) is 11.1. The maximum Gasteiger partial charge on any atom is 0.277 e. The fraction of sp³-hybridized carbons (Fsp3) is 0.538. The van der Waals surface area contributed by atoms with Crippen molar-refractivity contribution in [3.8, 4) is 0 Å². The third-order valence-corrected chi connectivity index (χ3v) is 4.32. The molecule has 0 N–H and O–H groups in total. The fourth-order valence-electron chi connectivity index (χ4n) is 1.98. The van der Waals surface area contributed by atoms with E-state index in [1.54, 1.807) is 17.2 Å². The lowest BCUT2D eigenvalue weighted by molar-refractivity contribution is 0.169. The summed E-state index contributed by atoms with van der Waals surface area (Å²) >= 11 is 10.9. The molecule has 8 nitrogen and oxygen atoms in total. The van der Waals surface area contributed by atoms with Gasteiger partial charge < -0.3 is 14.2 Å². The van der Waals surface area contributed by atoms with Crippen molar-refractivity contribution >= 4 is 51.6 Å². The Hall–Kier alpha value is -1.21. The van der Waals surface area contributed by atoms with Gasteiger partial charge in [-0.15, -0.1) is 0 Å². The number of aliphatic imine (C=N–C) groups is 1. The van der Waals surface area contributed by atoms with E-state index in [0.29, 0.717) is 23.5 Å². The van der Waals surface area contributed by atoms with E-state index in [9.17, 15) is 4.57 Å². The van der Waals surface area contributed by atoms with Crippen molar-refractivity contribution in [3.63, 3.8) is 0 Å². The van der Waals surface area contributed by atoms with Gasteiger partial charge in [0.2, 0.25) is 0 Å². The number of nitrogens with zero attached hydrogens (tertiary/aromatic N) is 6. The molecule has 2 aromatic rings. The molecule has 132 valence electrons. The monoisotopic (exact) mass is 392 g/mol. The molecule has 0 spiro atoms. The number of ether oxygens (including phenoxy) is 1. The van der Waals surface area contributed by atoms with Crippen molar-refractivity contribution < 1.29 is 9.30 Å². The number of aromatic nitrogens is 4. The Kier molecular flexibility index (Phi) is 6.98. The van der Waals surface area contributed by atoms with Crippen molar-refractivity contribution in [1.29, 1.82) is 0 Å². The smallest absolute Gasteiger partial charge is 0.277 e. The SMILES string of the molecule is CCN(/C=N/c1ncnc2c1ncn2CCOCP(=O)(Cl)Cl)CC. The maximum absolute atomic E-state index is 11.2. The summed E-state index contributed by atoms with van der Waals surface area (Å²) in [4.78, 5) is 19.2. The summed E-state index contributed by atoms with van der Waals surface area (Å²) in [5.74, 6) is -2.69. The summed E-state index contributed by atoms with van der Waals surface area (Å²) in [6.07, 6.45) is 4.65. The van der Waals surface area contributed by atoms with E-state index in [1.165, 1.54) is 6.33 Å². The number of imidazole rings is 1. The van der Waals surface area contributed by atoms with Crippen LogP contribution in [0.4, 0.5) is 5.82 Å². The Balaban J connectivity index is 2.09. The molecule has 2 aromatic heterocycles. The minimum Gasteiger partial charge on any atom is -0.369 e. The zero-order valence-electron chi connectivity index (χ0n) is 13.5. The van der Waals surface area contributed by atoms with E-state index >= 15 is 0 Å². The molecule has 0 amide bonds. The van der Waals surface area contributed by atoms with Gasteiger partial charge in [0.25, 0.3) is 5.85 Å². The summed E-state index contributed by atoms with van der Waals surface area (Å²) < 4.78 is 18.2. The molecule has 24 heavy (non-hydrogen) atoms. The molecule has 0 radical (unpaired) electrons. The van der Waals surface area contributed by atoms with Gasteiger partial charge in [0.15, 0.2) is 17.0 Å². The molecule has 2 rings (SSSR count). The van der Waals surface area contributed by atoms with Crippen LogP contribution in [-0.4, -0.2) is 56.8 Å². The van der Waals surface area contributed by atoms with Gasteiger partial charge in [-0.05, 0) is 36.3 Å². The number of halogens is 2. The highest BCUT2D eigenvalue weighted by molar-refractivity contribution is 8.08. The number of hydrogen-bond acceptors (Lipinski definition) is 6. The minimum atomic E-state index is -3.21. The second-order valence-electron chi connectivity index (χ2n) is 4.88. The van der Waals surface area contributed by atoms with Crippen molar-refractivity contribution in [1.82, 2.24) is 24.4 Å². The topological polar surface area (TPSA) is 85.5 Å². The van der Waals surface area contributed by atoms with Gasteiger partial charge in [-0.1, -0.05) is 0 Å². The van der Waals surface area contributed by atoms with E-state index < -0.39 is 5.85 Å². The zero-order valence-corrected chi connectivity index (χ0v) is 15.9. The average molecular weight is 393 g/mol. The van der Waals surface area contributed by atoms with Crippen LogP contribution in [0, 0.1) is 0 Å². The molecule has 0 atom stereocenters. The third-order valence-electron chi connectivity index (χ3n) is 3.26. The van der Waals surface area contributed by atoms with Gasteiger partial charge in [-0.3, -0.25) is 4.57 Å². The van der Waals surface area contributed by atoms with E-state index in [4.69, 9.17) is 27.2 Å². The molecule has 0 fully saturated rings. The van der Waals surface area contributed by atoms with Crippen LogP contribution in [0.1, 0.15) is 13.8 Å². The molecule has 0 saturated carbocycles. The van der Waals surface area contributed by atoms with Gasteiger partial charge >= 0.3 is 0 Å². The molecular weight excluding hydrogens is 374 g/mol. The van der Waals surface area contributed by atoms with Gasteiger partial charge in [-0.25, -0.2) is 19.9 Å². The summed E-state index contributed by atoms with van der Waals surface area (Å²) in [5.41, 5.74) is 1.27. The van der Waals surface area contributed by atoms with Crippen LogP contribution in [0.5, 0.6) is 0 Å². The van der Waals surface area contributed by atoms with E-state index in [0.717, 1.165) is 13.1 Å². The highest BCUT2D eigenvalue weighted by Crippen LogP contribution is 2.56. The Morgan fingerprint density at radius 2 is 2.08 bits per heavy atom. The Bertz CT molecular complexity index is 743. The Labute approximate surface area is 149 Å². The number of fused-ring (bicyclic) bond motifs is 1. The normalized spacial score (nSPS) is 12.3. The van der Waals surface area contributed by atoms with Crippen LogP contribution in [0.15, 0.2) is 17.6 Å². The number of rotatable bonds is 9. The first-order chi connectivity index (χ1) is 11.4. The highest BCUT2D eigenvalue weighted by atomic mass is 35.9. The largest absolute Gasteiger partial charge is 0.369 e. The first kappa shape index (κ1) is 19.1. The Morgan fingerprint density at radius 3 is 2.75 bits per heavy atom. The molecule has 0 aliphatic heterocycles. The second kappa shape index (κ2) is 8.76. The van der Waals surface area contributed by atoms with E-state index in [2.05, 4.69) is 38.7 Å². The van der Waals surface area contributed by atoms with Gasteiger partial charge in [0.1, 0.15) is 12.7 Å². The average Bonchev–Trinajstić information content (AvgIpc) is 2.95. The molecule has 11 heteroatoms. The van der Waals surface area contributed by atoms with Gasteiger partial charge in [-0.2, -0.15) is 0 Å². The van der Waals surface area contributed by atoms with E-state index in [-0.39, 0.29) is 13.0 Å². The predicted octanol–water partition coefficient (Wildman–Crippen LogP) is 3.47. The van der Waals surface area contributed by atoms with E-state index in [1.807, 2.05) is 0 Å². The summed E-state index contributed by atoms with van der Waals surface area (Å²) in [5, 5.41) is 0. The summed E-state index contributed by atoms with van der Waals surface area (Å²) in [6, 6.07) is 0. The third kappa shape index (κ3) is 5.41. The summed E-state index contributed by atoms with van der Waals surface area (Å²) in [7, 11) is 0. The number of hydrogen-bond donors (Lipinski definition) is 0. The second-order valence-corrected chi connectivity index (χ2v) is 10.1. The highest BCUT2D eigenvalue weighted by Gasteiger charge is 2.14. The first-order valence-electron chi connectivity index (χ1n) is 7.44. The molecule has 0 bridgehead atoms. The maximum atomic E-state index is 11.2. The van der Waals surface area contributed by atoms with Crippen molar-refractivity contribution in [2.45, 2.75) is 20.4 Å².